The lowest BCUT2D eigenvalue weighted by Gasteiger charge is -2.18. The molecule has 1 aromatic rings. The van der Waals surface area contributed by atoms with Crippen molar-refractivity contribution in [1.29, 1.82) is 0 Å². The minimum Gasteiger partial charge on any atom is -0.440 e. The van der Waals surface area contributed by atoms with Crippen LogP contribution in [0.3, 0.4) is 0 Å². The van der Waals surface area contributed by atoms with Crippen molar-refractivity contribution in [2.45, 2.75) is 19.4 Å². The number of carbonyl (C=O) groups excluding carboxylic acids is 1. The lowest BCUT2D eigenvalue weighted by molar-refractivity contribution is 0.0901. The molecule has 0 saturated carbocycles. The van der Waals surface area contributed by atoms with Crippen LogP contribution in [0.1, 0.15) is 24.4 Å². The van der Waals surface area contributed by atoms with E-state index in [-0.39, 0.29) is 16.9 Å². The number of rotatable bonds is 2. The summed E-state index contributed by atoms with van der Waals surface area (Å²) in [6.07, 6.45) is 5.22. The van der Waals surface area contributed by atoms with Gasteiger partial charge < -0.3 is 9.73 Å². The van der Waals surface area contributed by atoms with E-state index in [1.807, 2.05) is 0 Å². The molecule has 0 saturated heterocycles. The fourth-order valence-electron chi connectivity index (χ4n) is 0.818. The maximum Gasteiger partial charge on any atom is 0.288 e. The molecule has 1 aromatic heterocycles. The van der Waals surface area contributed by atoms with Crippen LogP contribution in [0.25, 0.3) is 0 Å². The van der Waals surface area contributed by atoms with Crippen molar-refractivity contribution in [1.82, 2.24) is 5.32 Å². The number of halogens is 1. The molecule has 14 heavy (non-hydrogen) atoms. The molecule has 0 atom stereocenters. The molecule has 1 amide bonds. The highest BCUT2D eigenvalue weighted by atomic mass is 35.5. The van der Waals surface area contributed by atoms with Gasteiger partial charge in [-0.05, 0) is 37.6 Å². The van der Waals surface area contributed by atoms with Gasteiger partial charge in [0, 0.05) is 0 Å². The molecule has 0 unspecified atom stereocenters. The van der Waals surface area contributed by atoms with Crippen LogP contribution in [0.2, 0.25) is 5.22 Å². The summed E-state index contributed by atoms with van der Waals surface area (Å²) in [4.78, 5) is 11.5. The minimum atomic E-state index is -0.698. The van der Waals surface area contributed by atoms with Gasteiger partial charge in [0.15, 0.2) is 11.0 Å². The van der Waals surface area contributed by atoms with Crippen molar-refractivity contribution in [3.05, 3.63) is 23.1 Å². The normalized spacial score (nSPS) is 10.7. The van der Waals surface area contributed by atoms with E-state index in [2.05, 4.69) is 11.2 Å². The van der Waals surface area contributed by atoms with E-state index in [0.29, 0.717) is 0 Å². The molecule has 0 aliphatic rings. The Morgan fingerprint density at radius 1 is 1.64 bits per heavy atom. The maximum absolute atomic E-state index is 11.5. The van der Waals surface area contributed by atoms with E-state index in [4.69, 9.17) is 22.4 Å². The Hall–Kier alpha value is -1.40. The average Bonchev–Trinajstić information content (AvgIpc) is 2.51. The lowest BCUT2D eigenvalue weighted by atomic mass is 10.1. The van der Waals surface area contributed by atoms with Crippen LogP contribution in [-0.2, 0) is 0 Å². The predicted molar refractivity (Wildman–Crippen MR) is 54.1 cm³/mol. The summed E-state index contributed by atoms with van der Waals surface area (Å²) in [6, 6.07) is 2.99. The summed E-state index contributed by atoms with van der Waals surface area (Å²) in [5.74, 6) is 2.22. The first-order valence-corrected chi connectivity index (χ1v) is 4.38. The van der Waals surface area contributed by atoms with Crippen molar-refractivity contribution < 1.29 is 9.21 Å². The van der Waals surface area contributed by atoms with E-state index in [0.717, 1.165) is 0 Å². The first-order valence-electron chi connectivity index (χ1n) is 4.00. The zero-order valence-corrected chi connectivity index (χ0v) is 8.68. The number of hydrogen-bond donors (Lipinski definition) is 1. The molecule has 0 spiro atoms. The molecule has 0 radical (unpaired) electrons. The third kappa shape index (κ3) is 2.54. The molecule has 74 valence electrons. The van der Waals surface area contributed by atoms with Gasteiger partial charge in [0.05, 0.1) is 5.54 Å². The molecular formula is C10H10ClNO2. The molecule has 0 aliphatic heterocycles. The minimum absolute atomic E-state index is 0.151. The Morgan fingerprint density at radius 2 is 2.29 bits per heavy atom. The molecule has 0 fully saturated rings. The molecule has 0 aliphatic carbocycles. The zero-order chi connectivity index (χ0) is 10.8. The zero-order valence-electron chi connectivity index (χ0n) is 7.93. The number of furan rings is 1. The maximum atomic E-state index is 11.5. The quantitative estimate of drug-likeness (QED) is 0.761. The second kappa shape index (κ2) is 3.77. The number of amides is 1. The summed E-state index contributed by atoms with van der Waals surface area (Å²) in [5, 5.41) is 2.78. The highest BCUT2D eigenvalue weighted by Gasteiger charge is 2.19. The van der Waals surface area contributed by atoms with Crippen molar-refractivity contribution in [3.63, 3.8) is 0 Å². The lowest BCUT2D eigenvalue weighted by Crippen LogP contribution is -2.41. The van der Waals surface area contributed by atoms with Gasteiger partial charge in [-0.2, -0.15) is 0 Å². The van der Waals surface area contributed by atoms with Gasteiger partial charge in [-0.3, -0.25) is 4.79 Å². The second-order valence-corrected chi connectivity index (χ2v) is 3.70. The molecule has 1 rings (SSSR count). The summed E-state index contributed by atoms with van der Waals surface area (Å²) in [7, 11) is 0. The molecule has 0 bridgehead atoms. The summed E-state index contributed by atoms with van der Waals surface area (Å²) in [5.41, 5.74) is -0.698. The van der Waals surface area contributed by atoms with Gasteiger partial charge >= 0.3 is 0 Å². The summed E-state index contributed by atoms with van der Waals surface area (Å²) >= 11 is 5.52. The molecule has 0 aromatic carbocycles. The average molecular weight is 212 g/mol. The van der Waals surface area contributed by atoms with Gasteiger partial charge in [0.25, 0.3) is 5.91 Å². The first-order chi connectivity index (χ1) is 6.44. The highest BCUT2D eigenvalue weighted by Crippen LogP contribution is 2.13. The second-order valence-electron chi connectivity index (χ2n) is 3.33. The number of nitrogens with one attached hydrogen (secondary N) is 1. The monoisotopic (exact) mass is 211 g/mol. The third-order valence-electron chi connectivity index (χ3n) is 1.58. The number of terminal acetylenes is 1. The van der Waals surface area contributed by atoms with Gasteiger partial charge in [-0.25, -0.2) is 0 Å². The Morgan fingerprint density at radius 3 is 2.71 bits per heavy atom. The summed E-state index contributed by atoms with van der Waals surface area (Å²) in [6.45, 7) is 3.44. The smallest absolute Gasteiger partial charge is 0.288 e. The van der Waals surface area contributed by atoms with Crippen molar-refractivity contribution in [2.75, 3.05) is 0 Å². The van der Waals surface area contributed by atoms with E-state index >= 15 is 0 Å². The predicted octanol–water partition coefficient (Wildman–Crippen LogP) is 2.07. The van der Waals surface area contributed by atoms with Crippen molar-refractivity contribution in [3.8, 4) is 12.3 Å². The molecule has 1 N–H and O–H groups in total. The molecule has 3 nitrogen and oxygen atoms in total. The Balaban J connectivity index is 2.74. The first kappa shape index (κ1) is 10.7. The Bertz CT molecular complexity index is 387. The molecular weight excluding hydrogens is 202 g/mol. The number of hydrogen-bond acceptors (Lipinski definition) is 2. The van der Waals surface area contributed by atoms with Crippen LogP contribution in [-0.4, -0.2) is 11.4 Å². The number of carbonyl (C=O) groups is 1. The largest absolute Gasteiger partial charge is 0.440 e. The van der Waals surface area contributed by atoms with Gasteiger partial charge in [-0.1, -0.05) is 5.92 Å². The van der Waals surface area contributed by atoms with E-state index in [1.165, 1.54) is 12.1 Å². The Kier molecular flexibility index (Phi) is 2.87. The van der Waals surface area contributed by atoms with Crippen LogP contribution in [0.5, 0.6) is 0 Å². The van der Waals surface area contributed by atoms with E-state index in [9.17, 15) is 4.79 Å². The highest BCUT2D eigenvalue weighted by molar-refractivity contribution is 6.29. The van der Waals surface area contributed by atoms with Crippen molar-refractivity contribution >= 4 is 17.5 Å². The van der Waals surface area contributed by atoms with Crippen LogP contribution < -0.4 is 5.32 Å². The van der Waals surface area contributed by atoms with Gasteiger partial charge in [-0.15, -0.1) is 6.42 Å². The van der Waals surface area contributed by atoms with Gasteiger partial charge in [0.1, 0.15) is 0 Å². The molecule has 1 heterocycles. The van der Waals surface area contributed by atoms with Crippen LogP contribution in [0.15, 0.2) is 16.5 Å². The fraction of sp³-hybridized carbons (Fsp3) is 0.300. The SMILES string of the molecule is C#CC(C)(C)NC(=O)c1ccc(Cl)o1. The van der Waals surface area contributed by atoms with Crippen LogP contribution >= 0.6 is 11.6 Å². The van der Waals surface area contributed by atoms with E-state index in [1.54, 1.807) is 13.8 Å². The Labute approximate surface area is 87.4 Å². The van der Waals surface area contributed by atoms with Crippen LogP contribution in [0, 0.1) is 12.3 Å². The standard InChI is InChI=1S/C10H10ClNO2/c1-4-10(2,3)12-9(13)7-5-6-8(11)14-7/h1,5-6H,2-3H3,(H,12,13). The fourth-order valence-corrected chi connectivity index (χ4v) is 0.964. The molecule has 4 heteroatoms. The van der Waals surface area contributed by atoms with E-state index < -0.39 is 5.54 Å². The van der Waals surface area contributed by atoms with Gasteiger partial charge in [0.2, 0.25) is 0 Å². The third-order valence-corrected chi connectivity index (χ3v) is 1.79. The van der Waals surface area contributed by atoms with Crippen LogP contribution in [0.4, 0.5) is 0 Å². The topological polar surface area (TPSA) is 42.2 Å². The van der Waals surface area contributed by atoms with Crippen molar-refractivity contribution in [2.24, 2.45) is 0 Å². The summed E-state index contributed by atoms with van der Waals surface area (Å²) < 4.78 is 4.92.